The van der Waals surface area contributed by atoms with Gasteiger partial charge in [-0.05, 0) is 55.6 Å². The summed E-state index contributed by atoms with van der Waals surface area (Å²) in [6.07, 6.45) is 5.23. The monoisotopic (exact) mass is 393 g/mol. The molecule has 2 saturated carbocycles. The lowest BCUT2D eigenvalue weighted by Crippen LogP contribution is -2.48. The average Bonchev–Trinajstić information content (AvgIpc) is 2.59. The molecule has 150 valence electrons. The quantitative estimate of drug-likeness (QED) is 0.714. The third-order valence-corrected chi connectivity index (χ3v) is 5.88. The molecule has 2 amide bonds. The van der Waals surface area contributed by atoms with E-state index >= 15 is 0 Å². The predicted octanol–water partition coefficient (Wildman–Crippen LogP) is 3.59. The number of anilines is 1. The number of hydrogen-bond donors (Lipinski definition) is 3. The van der Waals surface area contributed by atoms with Crippen molar-refractivity contribution in [2.24, 2.45) is 29.4 Å². The number of halogens is 1. The van der Waals surface area contributed by atoms with Crippen LogP contribution in [0.15, 0.2) is 24.3 Å². The van der Waals surface area contributed by atoms with E-state index < -0.39 is 0 Å². The van der Waals surface area contributed by atoms with Crippen molar-refractivity contribution in [1.82, 2.24) is 5.32 Å². The van der Waals surface area contributed by atoms with E-state index in [1.54, 1.807) is 12.1 Å². The second-order valence-corrected chi connectivity index (χ2v) is 8.34. The van der Waals surface area contributed by atoms with Crippen molar-refractivity contribution in [3.8, 4) is 0 Å². The first-order valence-corrected chi connectivity index (χ1v) is 9.89. The van der Waals surface area contributed by atoms with Crippen LogP contribution in [0, 0.1) is 23.7 Å². The summed E-state index contributed by atoms with van der Waals surface area (Å²) in [5, 5.41) is 5.94. The van der Waals surface area contributed by atoms with Crippen LogP contribution in [0.25, 0.3) is 0 Å². The Labute approximate surface area is 168 Å². The number of amides is 2. The van der Waals surface area contributed by atoms with E-state index in [2.05, 4.69) is 24.5 Å². The number of benzene rings is 1. The van der Waals surface area contributed by atoms with E-state index in [-0.39, 0.29) is 36.2 Å². The summed E-state index contributed by atoms with van der Waals surface area (Å²) in [6, 6.07) is 7.49. The van der Waals surface area contributed by atoms with Crippen LogP contribution in [0.5, 0.6) is 0 Å². The number of fused-ring (bicyclic) bond motifs is 2. The van der Waals surface area contributed by atoms with E-state index in [4.69, 9.17) is 5.73 Å². The smallest absolute Gasteiger partial charge is 0.253 e. The number of hydrogen-bond acceptors (Lipinski definition) is 3. The van der Waals surface area contributed by atoms with Gasteiger partial charge in [0.2, 0.25) is 5.91 Å². The SMILES string of the molecule is CC(C)CNC(=O)c1ccccc1NC(=O)C1CC2CCCC(C1)C2N.Cl. The molecule has 2 atom stereocenters. The van der Waals surface area contributed by atoms with Crippen molar-refractivity contribution in [3.05, 3.63) is 29.8 Å². The fourth-order valence-electron chi connectivity index (χ4n) is 4.42. The molecule has 2 aliphatic rings. The van der Waals surface area contributed by atoms with Crippen LogP contribution in [0.1, 0.15) is 56.3 Å². The zero-order valence-corrected chi connectivity index (χ0v) is 17.1. The molecule has 0 aliphatic heterocycles. The largest absolute Gasteiger partial charge is 0.352 e. The molecule has 1 aromatic rings. The van der Waals surface area contributed by atoms with Crippen LogP contribution in [0.4, 0.5) is 5.69 Å². The number of carbonyl (C=O) groups is 2. The molecule has 0 aromatic heterocycles. The second kappa shape index (κ2) is 9.56. The minimum Gasteiger partial charge on any atom is -0.352 e. The number of carbonyl (C=O) groups excluding carboxylic acids is 2. The molecular weight excluding hydrogens is 362 g/mol. The highest BCUT2D eigenvalue weighted by atomic mass is 35.5. The van der Waals surface area contributed by atoms with Crippen LogP contribution in [0.2, 0.25) is 0 Å². The van der Waals surface area contributed by atoms with Gasteiger partial charge in [0.25, 0.3) is 5.91 Å². The Hall–Kier alpha value is -1.59. The van der Waals surface area contributed by atoms with Crippen LogP contribution >= 0.6 is 12.4 Å². The number of rotatable bonds is 5. The normalized spacial score (nSPS) is 26.8. The van der Waals surface area contributed by atoms with E-state index in [9.17, 15) is 9.59 Å². The highest BCUT2D eigenvalue weighted by Gasteiger charge is 2.40. The molecular formula is C21H32ClN3O2. The zero-order chi connectivity index (χ0) is 18.7. The summed E-state index contributed by atoms with van der Waals surface area (Å²) in [4.78, 5) is 25.3. The Morgan fingerprint density at radius 1 is 1.15 bits per heavy atom. The summed E-state index contributed by atoms with van der Waals surface area (Å²) in [5.74, 6) is 1.18. The van der Waals surface area contributed by atoms with Gasteiger partial charge in [0, 0.05) is 18.5 Å². The summed E-state index contributed by atoms with van der Waals surface area (Å²) in [5.41, 5.74) is 7.45. The van der Waals surface area contributed by atoms with Crippen LogP contribution in [-0.2, 0) is 4.79 Å². The first-order chi connectivity index (χ1) is 12.5. The van der Waals surface area contributed by atoms with E-state index in [1.807, 2.05) is 12.1 Å². The molecule has 0 spiro atoms. The Morgan fingerprint density at radius 3 is 2.41 bits per heavy atom. The van der Waals surface area contributed by atoms with Gasteiger partial charge in [-0.25, -0.2) is 0 Å². The van der Waals surface area contributed by atoms with E-state index in [0.29, 0.717) is 35.5 Å². The Bertz CT molecular complexity index is 651. The third-order valence-electron chi connectivity index (χ3n) is 5.88. The molecule has 2 fully saturated rings. The van der Waals surface area contributed by atoms with E-state index in [1.165, 1.54) is 6.42 Å². The second-order valence-electron chi connectivity index (χ2n) is 8.34. The first kappa shape index (κ1) is 21.7. The summed E-state index contributed by atoms with van der Waals surface area (Å²) in [7, 11) is 0. The molecule has 2 aliphatic carbocycles. The van der Waals surface area contributed by atoms with Crippen molar-refractivity contribution in [2.45, 2.75) is 52.0 Å². The van der Waals surface area contributed by atoms with Crippen molar-refractivity contribution in [2.75, 3.05) is 11.9 Å². The van der Waals surface area contributed by atoms with Gasteiger partial charge < -0.3 is 16.4 Å². The summed E-state index contributed by atoms with van der Waals surface area (Å²) in [6.45, 7) is 4.72. The summed E-state index contributed by atoms with van der Waals surface area (Å²) >= 11 is 0. The van der Waals surface area contributed by atoms with Crippen molar-refractivity contribution < 1.29 is 9.59 Å². The fraction of sp³-hybridized carbons (Fsp3) is 0.619. The number of nitrogens with two attached hydrogens (primary N) is 1. The Balaban J connectivity index is 0.00000261. The standard InChI is InChI=1S/C21H31N3O2.ClH/c1-13(2)12-23-21(26)17-8-3-4-9-18(17)24-20(25)16-10-14-6-5-7-15(11-16)19(14)22;/h3-4,8-9,13-16,19H,5-7,10-12,22H2,1-2H3,(H,23,26)(H,24,25);1H. The minimum absolute atomic E-state index is 0. The molecule has 0 heterocycles. The molecule has 0 radical (unpaired) electrons. The Morgan fingerprint density at radius 2 is 1.78 bits per heavy atom. The number of para-hydroxylation sites is 1. The van der Waals surface area contributed by atoms with Gasteiger partial charge in [-0.2, -0.15) is 0 Å². The molecule has 5 nitrogen and oxygen atoms in total. The van der Waals surface area contributed by atoms with Gasteiger partial charge in [0.15, 0.2) is 0 Å². The topological polar surface area (TPSA) is 84.2 Å². The molecule has 2 unspecified atom stereocenters. The van der Waals surface area contributed by atoms with Crippen molar-refractivity contribution in [3.63, 3.8) is 0 Å². The summed E-state index contributed by atoms with van der Waals surface area (Å²) < 4.78 is 0. The van der Waals surface area contributed by atoms with Crippen molar-refractivity contribution >= 4 is 29.9 Å². The molecule has 3 rings (SSSR count). The van der Waals surface area contributed by atoms with Gasteiger partial charge in [-0.1, -0.05) is 32.4 Å². The fourth-order valence-corrected chi connectivity index (χ4v) is 4.42. The maximum atomic E-state index is 12.9. The van der Waals surface area contributed by atoms with Gasteiger partial charge in [-0.15, -0.1) is 12.4 Å². The highest BCUT2D eigenvalue weighted by Crippen LogP contribution is 2.42. The molecule has 1 aromatic carbocycles. The van der Waals surface area contributed by atoms with Crippen molar-refractivity contribution in [1.29, 1.82) is 0 Å². The minimum atomic E-state index is -0.142. The molecule has 0 saturated heterocycles. The lowest BCUT2D eigenvalue weighted by molar-refractivity contribution is -0.122. The van der Waals surface area contributed by atoms with Crippen LogP contribution < -0.4 is 16.4 Å². The maximum absolute atomic E-state index is 12.9. The van der Waals surface area contributed by atoms with Gasteiger partial charge >= 0.3 is 0 Å². The van der Waals surface area contributed by atoms with Gasteiger partial charge in [0.05, 0.1) is 11.3 Å². The molecule has 6 heteroatoms. The predicted molar refractivity (Wildman–Crippen MR) is 111 cm³/mol. The maximum Gasteiger partial charge on any atom is 0.253 e. The average molecular weight is 394 g/mol. The highest BCUT2D eigenvalue weighted by molar-refractivity contribution is 6.04. The molecule has 2 bridgehead atoms. The lowest BCUT2D eigenvalue weighted by atomic mass is 9.65. The number of nitrogens with one attached hydrogen (secondary N) is 2. The van der Waals surface area contributed by atoms with E-state index in [0.717, 1.165) is 25.7 Å². The molecule has 27 heavy (non-hydrogen) atoms. The van der Waals surface area contributed by atoms with Crippen LogP contribution in [-0.4, -0.2) is 24.4 Å². The van der Waals surface area contributed by atoms with Crippen LogP contribution in [0.3, 0.4) is 0 Å². The Kier molecular flexibility index (Phi) is 7.68. The lowest BCUT2D eigenvalue weighted by Gasteiger charge is -2.43. The van der Waals surface area contributed by atoms with Gasteiger partial charge in [-0.3, -0.25) is 9.59 Å². The first-order valence-electron chi connectivity index (χ1n) is 9.89. The third kappa shape index (κ3) is 5.23. The molecule has 4 N–H and O–H groups in total. The zero-order valence-electron chi connectivity index (χ0n) is 16.2. The van der Waals surface area contributed by atoms with Gasteiger partial charge in [0.1, 0.15) is 0 Å².